The van der Waals surface area contributed by atoms with E-state index in [0.29, 0.717) is 5.69 Å². The van der Waals surface area contributed by atoms with Crippen LogP contribution in [0.2, 0.25) is 0 Å². The van der Waals surface area contributed by atoms with Gasteiger partial charge in [0.25, 0.3) is 5.69 Å². The van der Waals surface area contributed by atoms with Crippen molar-refractivity contribution in [3.63, 3.8) is 0 Å². The molecular weight excluding hydrogens is 268 g/mol. The minimum Gasteiger partial charge on any atom is -0.375 e. The molecule has 0 amide bonds. The predicted molar refractivity (Wildman–Crippen MR) is 80.5 cm³/mol. The van der Waals surface area contributed by atoms with Crippen LogP contribution in [0, 0.1) is 24.0 Å². The maximum atomic E-state index is 11.2. The van der Waals surface area contributed by atoms with Crippen LogP contribution in [-0.2, 0) is 13.0 Å². The number of anilines is 1. The van der Waals surface area contributed by atoms with Gasteiger partial charge in [0.05, 0.1) is 10.6 Å². The van der Waals surface area contributed by atoms with Crippen LogP contribution in [-0.4, -0.2) is 20.5 Å². The van der Waals surface area contributed by atoms with E-state index >= 15 is 0 Å². The molecule has 0 saturated carbocycles. The Bertz CT molecular complexity index is 693. The number of nitro benzene ring substituents is 1. The quantitative estimate of drug-likeness (QED) is 0.695. The van der Waals surface area contributed by atoms with Crippen LogP contribution in [0.25, 0.3) is 0 Å². The number of aryl methyl sites for hydroxylation is 3. The molecule has 6 nitrogen and oxygen atoms in total. The Morgan fingerprint density at radius 2 is 2.24 bits per heavy atom. The zero-order valence-electron chi connectivity index (χ0n) is 12.2. The number of fused-ring (bicyclic) bond motifs is 1. The predicted octanol–water partition coefficient (Wildman–Crippen LogP) is 2.84. The van der Waals surface area contributed by atoms with E-state index in [0.717, 1.165) is 36.5 Å². The van der Waals surface area contributed by atoms with Gasteiger partial charge in [0.2, 0.25) is 0 Å². The third kappa shape index (κ3) is 2.74. The van der Waals surface area contributed by atoms with Gasteiger partial charge in [0, 0.05) is 31.3 Å². The zero-order chi connectivity index (χ0) is 15.0. The van der Waals surface area contributed by atoms with Crippen LogP contribution in [0.3, 0.4) is 0 Å². The Balaban J connectivity index is 1.80. The van der Waals surface area contributed by atoms with Gasteiger partial charge in [-0.2, -0.15) is 0 Å². The van der Waals surface area contributed by atoms with Crippen LogP contribution in [0.5, 0.6) is 0 Å². The molecule has 1 aliphatic rings. The molecule has 0 bridgehead atoms. The van der Waals surface area contributed by atoms with Crippen molar-refractivity contribution in [2.45, 2.75) is 39.3 Å². The zero-order valence-corrected chi connectivity index (χ0v) is 12.2. The van der Waals surface area contributed by atoms with E-state index in [9.17, 15) is 10.1 Å². The van der Waals surface area contributed by atoms with Gasteiger partial charge in [0.15, 0.2) is 0 Å². The molecule has 1 aromatic heterocycles. The summed E-state index contributed by atoms with van der Waals surface area (Å²) in [7, 11) is 0. The second kappa shape index (κ2) is 5.20. The first-order valence-electron chi connectivity index (χ1n) is 7.07. The van der Waals surface area contributed by atoms with E-state index in [1.54, 1.807) is 12.1 Å². The first-order chi connectivity index (χ1) is 10.0. The number of benzene rings is 1. The van der Waals surface area contributed by atoms with Gasteiger partial charge in [-0.05, 0) is 31.9 Å². The number of aromatic nitrogens is 2. The Hall–Kier alpha value is -2.37. The SMILES string of the molecule is Cc1ccc(N[C@@H]2CCc3nc(C)cn3C2)c([N+](=O)[O-])c1. The Kier molecular flexibility index (Phi) is 3.37. The minimum absolute atomic E-state index is 0.141. The second-order valence-corrected chi connectivity index (χ2v) is 5.61. The minimum atomic E-state index is -0.328. The lowest BCUT2D eigenvalue weighted by atomic mass is 10.1. The topological polar surface area (TPSA) is 73.0 Å². The molecule has 0 aliphatic carbocycles. The third-order valence-electron chi connectivity index (χ3n) is 3.82. The van der Waals surface area contributed by atoms with Crippen LogP contribution in [0.1, 0.15) is 23.5 Å². The summed E-state index contributed by atoms with van der Waals surface area (Å²) >= 11 is 0. The Morgan fingerprint density at radius 3 is 3.00 bits per heavy atom. The average Bonchev–Trinajstić information content (AvgIpc) is 2.80. The average molecular weight is 286 g/mol. The molecule has 0 fully saturated rings. The van der Waals surface area contributed by atoms with Gasteiger partial charge >= 0.3 is 0 Å². The molecule has 1 atom stereocenters. The molecule has 21 heavy (non-hydrogen) atoms. The largest absolute Gasteiger partial charge is 0.375 e. The highest BCUT2D eigenvalue weighted by molar-refractivity contribution is 5.63. The van der Waals surface area contributed by atoms with Crippen LogP contribution < -0.4 is 5.32 Å². The third-order valence-corrected chi connectivity index (χ3v) is 3.82. The Morgan fingerprint density at radius 1 is 1.43 bits per heavy atom. The van der Waals surface area contributed by atoms with Gasteiger partial charge in [-0.15, -0.1) is 0 Å². The molecule has 0 radical (unpaired) electrons. The summed E-state index contributed by atoms with van der Waals surface area (Å²) in [6.07, 6.45) is 3.86. The van der Waals surface area contributed by atoms with Crippen molar-refractivity contribution < 1.29 is 4.92 Å². The van der Waals surface area contributed by atoms with E-state index < -0.39 is 0 Å². The number of nitrogens with zero attached hydrogens (tertiary/aromatic N) is 3. The number of nitrogens with one attached hydrogen (secondary N) is 1. The van der Waals surface area contributed by atoms with Crippen LogP contribution >= 0.6 is 0 Å². The highest BCUT2D eigenvalue weighted by Gasteiger charge is 2.22. The summed E-state index contributed by atoms with van der Waals surface area (Å²) in [6, 6.07) is 5.48. The fraction of sp³-hybridized carbons (Fsp3) is 0.400. The molecule has 110 valence electrons. The van der Waals surface area contributed by atoms with Crippen LogP contribution in [0.15, 0.2) is 24.4 Å². The summed E-state index contributed by atoms with van der Waals surface area (Å²) in [5, 5.41) is 14.5. The number of rotatable bonds is 3. The molecule has 6 heteroatoms. The normalized spacial score (nSPS) is 17.3. The molecule has 2 aromatic rings. The Labute approximate surface area is 123 Å². The summed E-state index contributed by atoms with van der Waals surface area (Å²) in [4.78, 5) is 15.3. The summed E-state index contributed by atoms with van der Waals surface area (Å²) in [6.45, 7) is 4.64. The number of hydrogen-bond acceptors (Lipinski definition) is 4. The van der Waals surface area contributed by atoms with Crippen molar-refractivity contribution in [2.24, 2.45) is 0 Å². The lowest BCUT2D eigenvalue weighted by Gasteiger charge is -2.25. The van der Waals surface area contributed by atoms with Gasteiger partial charge in [-0.3, -0.25) is 10.1 Å². The first-order valence-corrected chi connectivity index (χ1v) is 7.07. The van der Waals surface area contributed by atoms with Crippen molar-refractivity contribution in [1.82, 2.24) is 9.55 Å². The van der Waals surface area contributed by atoms with Crippen molar-refractivity contribution in [2.75, 3.05) is 5.32 Å². The molecule has 0 unspecified atom stereocenters. The van der Waals surface area contributed by atoms with Gasteiger partial charge in [-0.1, -0.05) is 6.07 Å². The summed E-state index contributed by atoms with van der Waals surface area (Å²) in [5.41, 5.74) is 2.65. The van der Waals surface area contributed by atoms with E-state index in [2.05, 4.69) is 14.9 Å². The number of hydrogen-bond donors (Lipinski definition) is 1. The number of imidazole rings is 1. The highest BCUT2D eigenvalue weighted by atomic mass is 16.6. The van der Waals surface area contributed by atoms with Crippen molar-refractivity contribution in [1.29, 1.82) is 0 Å². The van der Waals surface area contributed by atoms with Crippen LogP contribution in [0.4, 0.5) is 11.4 Å². The fourth-order valence-electron chi connectivity index (χ4n) is 2.84. The molecule has 1 aromatic carbocycles. The van der Waals surface area contributed by atoms with E-state index in [4.69, 9.17) is 0 Å². The van der Waals surface area contributed by atoms with Crippen molar-refractivity contribution in [3.05, 3.63) is 51.6 Å². The second-order valence-electron chi connectivity index (χ2n) is 5.61. The van der Waals surface area contributed by atoms with E-state index in [-0.39, 0.29) is 16.7 Å². The molecule has 1 N–H and O–H groups in total. The van der Waals surface area contributed by atoms with E-state index in [1.807, 2.05) is 26.1 Å². The monoisotopic (exact) mass is 286 g/mol. The lowest BCUT2D eigenvalue weighted by molar-refractivity contribution is -0.384. The smallest absolute Gasteiger partial charge is 0.292 e. The van der Waals surface area contributed by atoms with Gasteiger partial charge in [0.1, 0.15) is 11.5 Å². The van der Waals surface area contributed by atoms with Crippen molar-refractivity contribution >= 4 is 11.4 Å². The molecular formula is C15H18N4O2. The molecule has 0 saturated heterocycles. The summed E-state index contributed by atoms with van der Waals surface area (Å²) < 4.78 is 2.14. The highest BCUT2D eigenvalue weighted by Crippen LogP contribution is 2.28. The van der Waals surface area contributed by atoms with E-state index in [1.165, 1.54) is 0 Å². The maximum absolute atomic E-state index is 11.2. The molecule has 3 rings (SSSR count). The lowest BCUT2D eigenvalue weighted by Crippen LogP contribution is -2.31. The number of nitro groups is 1. The standard InChI is InChI=1S/C15H18N4O2/c1-10-3-5-13(14(7-10)19(20)21)17-12-4-6-15-16-11(2)8-18(15)9-12/h3,5,7-8,12,17H,4,6,9H2,1-2H3/t12-/m1/s1. The maximum Gasteiger partial charge on any atom is 0.292 e. The van der Waals surface area contributed by atoms with Gasteiger partial charge in [-0.25, -0.2) is 4.98 Å². The fourth-order valence-corrected chi connectivity index (χ4v) is 2.84. The molecule has 0 spiro atoms. The summed E-state index contributed by atoms with van der Waals surface area (Å²) in [5.74, 6) is 1.10. The molecule has 1 aliphatic heterocycles. The van der Waals surface area contributed by atoms with Crippen molar-refractivity contribution in [3.8, 4) is 0 Å². The first kappa shape index (κ1) is 13.6. The molecule has 2 heterocycles. The van der Waals surface area contributed by atoms with Gasteiger partial charge < -0.3 is 9.88 Å².